The van der Waals surface area contributed by atoms with Crippen LogP contribution in [0.2, 0.25) is 13.1 Å². The van der Waals surface area contributed by atoms with Gasteiger partial charge in [0.2, 0.25) is 0 Å². The highest BCUT2D eigenvalue weighted by molar-refractivity contribution is 6.64. The van der Waals surface area contributed by atoms with E-state index in [0.717, 1.165) is 0 Å². The second kappa shape index (κ2) is 11.3. The molecule has 0 saturated carbocycles. The summed E-state index contributed by atoms with van der Waals surface area (Å²) in [6, 6.07) is 0. The maximum atomic E-state index is 5.95. The zero-order chi connectivity index (χ0) is 14.7. The van der Waals surface area contributed by atoms with Crippen molar-refractivity contribution < 1.29 is 18.3 Å². The van der Waals surface area contributed by atoms with E-state index >= 15 is 0 Å². The first-order chi connectivity index (χ1) is 8.99. The monoisotopic (exact) mass is 332 g/mol. The lowest BCUT2D eigenvalue weighted by atomic mass is 10.4. The van der Waals surface area contributed by atoms with E-state index in [1.807, 2.05) is 26.9 Å². The van der Waals surface area contributed by atoms with Gasteiger partial charge in [0.15, 0.2) is 0 Å². The van der Waals surface area contributed by atoms with E-state index in [2.05, 4.69) is 0 Å². The van der Waals surface area contributed by atoms with Gasteiger partial charge in [0.05, 0.1) is 25.4 Å². The van der Waals surface area contributed by atoms with E-state index in [4.69, 9.17) is 41.5 Å². The third-order valence-corrected chi connectivity index (χ3v) is 4.75. The second-order valence-corrected chi connectivity index (χ2v) is 8.40. The van der Waals surface area contributed by atoms with Gasteiger partial charge in [0.25, 0.3) is 0 Å². The fraction of sp³-hybridized carbons (Fsp3) is 1.00. The highest BCUT2D eigenvalue weighted by Crippen LogP contribution is 2.15. The van der Waals surface area contributed by atoms with Crippen LogP contribution in [0.3, 0.4) is 0 Å². The molecule has 0 bridgehead atoms. The first-order valence-corrected chi connectivity index (χ1v) is 10.5. The summed E-state index contributed by atoms with van der Waals surface area (Å²) in [5.41, 5.74) is 0. The Labute approximate surface area is 127 Å². The quantitative estimate of drug-likeness (QED) is 0.406. The number of ether oxygens (including phenoxy) is 2. The first-order valence-electron chi connectivity index (χ1n) is 6.62. The summed E-state index contributed by atoms with van der Waals surface area (Å²) in [5.74, 6) is 0.771. The van der Waals surface area contributed by atoms with E-state index in [1.54, 1.807) is 0 Å². The first kappa shape index (κ1) is 19.6. The number of halogens is 2. The molecule has 0 aliphatic carbocycles. The lowest BCUT2D eigenvalue weighted by Crippen LogP contribution is -2.45. The van der Waals surface area contributed by atoms with Gasteiger partial charge in [-0.25, -0.2) is 0 Å². The van der Waals surface area contributed by atoms with Crippen LogP contribution in [0.5, 0.6) is 0 Å². The average Bonchev–Trinajstić information content (AvgIpc) is 2.39. The zero-order valence-electron chi connectivity index (χ0n) is 12.3. The molecule has 0 radical (unpaired) electrons. The molecule has 2 atom stereocenters. The molecule has 0 aliphatic rings. The molecule has 0 aromatic carbocycles. The van der Waals surface area contributed by atoms with Crippen LogP contribution in [-0.2, 0) is 18.3 Å². The van der Waals surface area contributed by atoms with Crippen molar-refractivity contribution in [2.24, 2.45) is 0 Å². The van der Waals surface area contributed by atoms with Crippen LogP contribution in [-0.4, -0.2) is 59.0 Å². The molecule has 0 heterocycles. The van der Waals surface area contributed by atoms with Crippen molar-refractivity contribution in [3.63, 3.8) is 0 Å². The Morgan fingerprint density at radius 3 is 1.47 bits per heavy atom. The van der Waals surface area contributed by atoms with Crippen LogP contribution in [0.4, 0.5) is 0 Å². The molecule has 0 amide bonds. The standard InChI is InChI=1S/C12H26Cl2O4Si/c1-5-15-9-11(7-13)17-19(3,4)18-12(8-14)10-16-6-2/h11-12H,5-10H2,1-4H3. The van der Waals surface area contributed by atoms with Gasteiger partial charge in [0, 0.05) is 25.0 Å². The molecule has 116 valence electrons. The van der Waals surface area contributed by atoms with Gasteiger partial charge >= 0.3 is 8.56 Å². The van der Waals surface area contributed by atoms with Gasteiger partial charge < -0.3 is 18.3 Å². The molecule has 0 N–H and O–H groups in total. The summed E-state index contributed by atoms with van der Waals surface area (Å²) in [6.45, 7) is 10.1. The Balaban J connectivity index is 4.24. The Morgan fingerprint density at radius 2 is 1.21 bits per heavy atom. The van der Waals surface area contributed by atoms with E-state index < -0.39 is 8.56 Å². The summed E-state index contributed by atoms with van der Waals surface area (Å²) in [7, 11) is -2.30. The molecule has 4 nitrogen and oxygen atoms in total. The molecular formula is C12H26Cl2O4Si. The van der Waals surface area contributed by atoms with Crippen molar-refractivity contribution in [3.8, 4) is 0 Å². The fourth-order valence-electron chi connectivity index (χ4n) is 1.55. The highest BCUT2D eigenvalue weighted by Gasteiger charge is 2.31. The average molecular weight is 333 g/mol. The van der Waals surface area contributed by atoms with Crippen LogP contribution in [0, 0.1) is 0 Å². The summed E-state index contributed by atoms with van der Waals surface area (Å²) in [6.07, 6.45) is -0.294. The predicted molar refractivity (Wildman–Crippen MR) is 81.7 cm³/mol. The Morgan fingerprint density at radius 1 is 0.842 bits per heavy atom. The second-order valence-electron chi connectivity index (χ2n) is 4.51. The number of rotatable bonds is 12. The van der Waals surface area contributed by atoms with Crippen LogP contribution in [0.25, 0.3) is 0 Å². The molecule has 0 saturated heterocycles. The minimum Gasteiger partial charge on any atom is -0.388 e. The van der Waals surface area contributed by atoms with E-state index in [0.29, 0.717) is 38.2 Å². The van der Waals surface area contributed by atoms with Gasteiger partial charge in [-0.05, 0) is 26.9 Å². The molecule has 0 fully saturated rings. The lowest BCUT2D eigenvalue weighted by molar-refractivity contribution is 0.0136. The molecule has 0 spiro atoms. The number of alkyl halides is 2. The molecule has 0 aromatic rings. The predicted octanol–water partition coefficient (Wildman–Crippen LogP) is 3.01. The Hall–Kier alpha value is 0.637. The fourth-order valence-corrected chi connectivity index (χ4v) is 4.03. The van der Waals surface area contributed by atoms with E-state index in [1.165, 1.54) is 0 Å². The summed E-state index contributed by atoms with van der Waals surface area (Å²) in [4.78, 5) is 0. The summed E-state index contributed by atoms with van der Waals surface area (Å²) < 4.78 is 22.6. The van der Waals surface area contributed by atoms with Crippen LogP contribution < -0.4 is 0 Å². The molecular weight excluding hydrogens is 307 g/mol. The number of hydrogen-bond donors (Lipinski definition) is 0. The van der Waals surface area contributed by atoms with Crippen molar-refractivity contribution in [3.05, 3.63) is 0 Å². The molecule has 0 aliphatic heterocycles. The lowest BCUT2D eigenvalue weighted by Gasteiger charge is -2.31. The van der Waals surface area contributed by atoms with Crippen molar-refractivity contribution in [1.82, 2.24) is 0 Å². The normalized spacial score (nSPS) is 15.5. The van der Waals surface area contributed by atoms with Crippen molar-refractivity contribution in [2.75, 3.05) is 38.2 Å². The molecule has 19 heavy (non-hydrogen) atoms. The maximum absolute atomic E-state index is 5.95. The van der Waals surface area contributed by atoms with Crippen LogP contribution in [0.15, 0.2) is 0 Å². The highest BCUT2D eigenvalue weighted by atomic mass is 35.5. The summed E-state index contributed by atoms with van der Waals surface area (Å²) in [5, 5.41) is 0. The third kappa shape index (κ3) is 10.1. The van der Waals surface area contributed by atoms with Gasteiger partial charge in [0.1, 0.15) is 0 Å². The third-order valence-electron chi connectivity index (χ3n) is 2.26. The van der Waals surface area contributed by atoms with Gasteiger partial charge in [-0.1, -0.05) is 0 Å². The minimum atomic E-state index is -2.30. The number of hydrogen-bond acceptors (Lipinski definition) is 4. The molecule has 2 unspecified atom stereocenters. The summed E-state index contributed by atoms with van der Waals surface area (Å²) >= 11 is 11.7. The van der Waals surface area contributed by atoms with Crippen molar-refractivity contribution >= 4 is 31.8 Å². The molecule has 0 aromatic heterocycles. The molecule has 0 rings (SSSR count). The minimum absolute atomic E-state index is 0.147. The van der Waals surface area contributed by atoms with Crippen molar-refractivity contribution in [1.29, 1.82) is 0 Å². The van der Waals surface area contributed by atoms with E-state index in [9.17, 15) is 0 Å². The van der Waals surface area contributed by atoms with Crippen LogP contribution >= 0.6 is 23.2 Å². The Bertz CT molecular complexity index is 200. The van der Waals surface area contributed by atoms with E-state index in [-0.39, 0.29) is 12.2 Å². The van der Waals surface area contributed by atoms with Gasteiger partial charge in [-0.3, -0.25) is 0 Å². The largest absolute Gasteiger partial charge is 0.388 e. The maximum Gasteiger partial charge on any atom is 0.332 e. The van der Waals surface area contributed by atoms with Crippen molar-refractivity contribution in [2.45, 2.75) is 39.1 Å². The molecule has 7 heteroatoms. The SMILES string of the molecule is CCOCC(CCl)O[Si](C)(C)OC(CCl)COCC. The Kier molecular flexibility index (Phi) is 11.7. The van der Waals surface area contributed by atoms with Crippen LogP contribution in [0.1, 0.15) is 13.8 Å². The zero-order valence-corrected chi connectivity index (χ0v) is 14.8. The smallest absolute Gasteiger partial charge is 0.332 e. The topological polar surface area (TPSA) is 36.9 Å². The van der Waals surface area contributed by atoms with Gasteiger partial charge in [-0.15, -0.1) is 23.2 Å². The van der Waals surface area contributed by atoms with Gasteiger partial charge in [-0.2, -0.15) is 0 Å².